The molecule has 256 valence electrons. The maximum atomic E-state index is 6.62. The Kier molecular flexibility index (Phi) is 6.34. The zero-order valence-corrected chi connectivity index (χ0v) is 29.8. The van der Waals surface area contributed by atoms with E-state index in [-0.39, 0.29) is 0 Å². The van der Waals surface area contributed by atoms with E-state index in [1.807, 2.05) is 0 Å². The Bertz CT molecular complexity index is 3470. The van der Waals surface area contributed by atoms with Gasteiger partial charge in [-0.2, -0.15) is 0 Å². The lowest BCUT2D eigenvalue weighted by Gasteiger charge is -2.13. The lowest BCUT2D eigenvalue weighted by atomic mass is 9.92. The van der Waals surface area contributed by atoms with E-state index in [4.69, 9.17) is 4.42 Å². The van der Waals surface area contributed by atoms with E-state index in [2.05, 4.69) is 203 Å². The number of rotatable bonds is 4. The molecule has 55 heavy (non-hydrogen) atoms. The first-order valence-electron chi connectivity index (χ1n) is 18.9. The normalized spacial score (nSPS) is 12.0. The number of furan rings is 1. The molecule has 3 aromatic heterocycles. The highest BCUT2D eigenvalue weighted by molar-refractivity contribution is 6.26. The van der Waals surface area contributed by atoms with Crippen LogP contribution in [0.4, 0.5) is 0 Å². The van der Waals surface area contributed by atoms with E-state index in [1.165, 1.54) is 65.5 Å². The summed E-state index contributed by atoms with van der Waals surface area (Å²) in [7, 11) is 0. The fourth-order valence-electron chi connectivity index (χ4n) is 9.15. The van der Waals surface area contributed by atoms with Crippen LogP contribution in [0.2, 0.25) is 0 Å². The van der Waals surface area contributed by atoms with Crippen LogP contribution in [0.25, 0.3) is 110 Å². The number of benzene rings is 9. The molecule has 3 heterocycles. The quantitative estimate of drug-likeness (QED) is 0.179. The van der Waals surface area contributed by atoms with Gasteiger partial charge in [-0.3, -0.25) is 0 Å². The highest BCUT2D eigenvalue weighted by Crippen LogP contribution is 2.45. The number of hydrogen-bond donors (Lipinski definition) is 0. The third-order valence-corrected chi connectivity index (χ3v) is 11.5. The molecular weight excluding hydrogens is 669 g/mol. The van der Waals surface area contributed by atoms with Crippen LogP contribution >= 0.6 is 0 Å². The summed E-state index contributed by atoms with van der Waals surface area (Å²) >= 11 is 0. The zero-order valence-electron chi connectivity index (χ0n) is 29.8. The van der Waals surface area contributed by atoms with Crippen LogP contribution in [0, 0.1) is 0 Å². The smallest absolute Gasteiger partial charge is 0.136 e. The van der Waals surface area contributed by atoms with Crippen LogP contribution in [-0.2, 0) is 0 Å². The second-order valence-corrected chi connectivity index (χ2v) is 14.5. The molecule has 12 rings (SSSR count). The molecule has 0 aliphatic rings. The van der Waals surface area contributed by atoms with Gasteiger partial charge in [0.15, 0.2) is 0 Å². The van der Waals surface area contributed by atoms with Gasteiger partial charge in [0.1, 0.15) is 11.2 Å². The lowest BCUT2D eigenvalue weighted by Crippen LogP contribution is -1.94. The number of para-hydroxylation sites is 4. The molecule has 12 aromatic rings. The highest BCUT2D eigenvalue weighted by Gasteiger charge is 2.21. The fourth-order valence-corrected chi connectivity index (χ4v) is 9.15. The van der Waals surface area contributed by atoms with E-state index in [0.717, 1.165) is 44.4 Å². The molecule has 3 nitrogen and oxygen atoms in total. The molecule has 0 unspecified atom stereocenters. The molecule has 0 spiro atoms. The van der Waals surface area contributed by atoms with Crippen LogP contribution < -0.4 is 0 Å². The zero-order chi connectivity index (χ0) is 36.0. The molecule has 0 N–H and O–H groups in total. The van der Waals surface area contributed by atoms with Gasteiger partial charge in [0.2, 0.25) is 0 Å². The number of nitrogens with zero attached hydrogens (tertiary/aromatic N) is 2. The number of aromatic nitrogens is 2. The Morgan fingerprint density at radius 1 is 0.291 bits per heavy atom. The van der Waals surface area contributed by atoms with Crippen LogP contribution in [0.15, 0.2) is 199 Å². The predicted octanol–water partition coefficient (Wildman–Crippen LogP) is 14.3. The topological polar surface area (TPSA) is 23.0 Å². The van der Waals surface area contributed by atoms with Gasteiger partial charge in [0.25, 0.3) is 0 Å². The van der Waals surface area contributed by atoms with E-state index in [0.29, 0.717) is 0 Å². The Morgan fingerprint density at radius 3 is 1.60 bits per heavy atom. The minimum Gasteiger partial charge on any atom is -0.456 e. The van der Waals surface area contributed by atoms with E-state index >= 15 is 0 Å². The first kappa shape index (κ1) is 30.1. The summed E-state index contributed by atoms with van der Waals surface area (Å²) in [6, 6.07) is 70.1. The average Bonchev–Trinajstić information content (AvgIpc) is 3.91. The second kappa shape index (κ2) is 11.6. The summed E-state index contributed by atoms with van der Waals surface area (Å²) in [5.41, 5.74) is 13.6. The van der Waals surface area contributed by atoms with Crippen molar-refractivity contribution in [2.75, 3.05) is 0 Å². The monoisotopic (exact) mass is 700 g/mol. The van der Waals surface area contributed by atoms with Crippen LogP contribution in [0.1, 0.15) is 0 Å². The minimum absolute atomic E-state index is 0.886. The first-order valence-corrected chi connectivity index (χ1v) is 18.9. The van der Waals surface area contributed by atoms with Gasteiger partial charge in [0.05, 0.1) is 22.1 Å². The van der Waals surface area contributed by atoms with Crippen molar-refractivity contribution < 1.29 is 4.42 Å². The molecule has 0 aliphatic heterocycles. The van der Waals surface area contributed by atoms with Crippen molar-refractivity contribution in [3.63, 3.8) is 0 Å². The molecule has 0 bridgehead atoms. The Morgan fingerprint density at radius 2 is 0.855 bits per heavy atom. The number of fused-ring (bicyclic) bond motifs is 11. The molecule has 3 heteroatoms. The van der Waals surface area contributed by atoms with Gasteiger partial charge in [-0.15, -0.1) is 0 Å². The Balaban J connectivity index is 1.10. The summed E-state index contributed by atoms with van der Waals surface area (Å²) in [6.45, 7) is 0. The maximum absolute atomic E-state index is 6.62. The van der Waals surface area contributed by atoms with Crippen molar-refractivity contribution in [1.29, 1.82) is 0 Å². The summed E-state index contributed by atoms with van der Waals surface area (Å²) in [5, 5.41) is 9.73. The molecule has 0 saturated carbocycles. The molecule has 0 amide bonds. The highest BCUT2D eigenvalue weighted by atomic mass is 16.3. The summed E-state index contributed by atoms with van der Waals surface area (Å²) in [5.74, 6) is 0. The van der Waals surface area contributed by atoms with Crippen molar-refractivity contribution in [3.8, 4) is 33.6 Å². The Hall–Kier alpha value is -7.36. The number of hydrogen-bond acceptors (Lipinski definition) is 1. The van der Waals surface area contributed by atoms with E-state index < -0.39 is 0 Å². The summed E-state index contributed by atoms with van der Waals surface area (Å²) in [6.07, 6.45) is 0. The van der Waals surface area contributed by atoms with Crippen molar-refractivity contribution in [2.45, 2.75) is 0 Å². The summed E-state index contributed by atoms with van der Waals surface area (Å²) < 4.78 is 11.4. The molecular formula is C52H32N2O. The minimum atomic E-state index is 0.886. The summed E-state index contributed by atoms with van der Waals surface area (Å²) in [4.78, 5) is 0. The van der Waals surface area contributed by atoms with E-state index in [1.54, 1.807) is 0 Å². The van der Waals surface area contributed by atoms with Gasteiger partial charge in [0, 0.05) is 43.7 Å². The fraction of sp³-hybridized carbons (Fsp3) is 0. The third kappa shape index (κ3) is 4.38. The molecule has 0 aliphatic carbocycles. The van der Waals surface area contributed by atoms with Gasteiger partial charge in [-0.25, -0.2) is 0 Å². The van der Waals surface area contributed by atoms with E-state index in [9.17, 15) is 0 Å². The molecule has 0 atom stereocenters. The maximum Gasteiger partial charge on any atom is 0.136 e. The van der Waals surface area contributed by atoms with Gasteiger partial charge >= 0.3 is 0 Å². The largest absolute Gasteiger partial charge is 0.456 e. The molecule has 0 radical (unpaired) electrons. The van der Waals surface area contributed by atoms with Gasteiger partial charge in [-0.1, -0.05) is 121 Å². The molecule has 0 saturated heterocycles. The van der Waals surface area contributed by atoms with Crippen molar-refractivity contribution >= 4 is 76.3 Å². The van der Waals surface area contributed by atoms with Gasteiger partial charge in [-0.05, 0) is 106 Å². The SMILES string of the molecule is c1ccc(-n2c3ccccc3c3cc(-c4ccc5oc6cccc(-c7cc8c(c9ccccc79)c7ccccc7n8-c7ccccc7)c6c5c4)ccc32)cc1. The van der Waals surface area contributed by atoms with Gasteiger partial charge < -0.3 is 13.6 Å². The van der Waals surface area contributed by atoms with Crippen LogP contribution in [-0.4, -0.2) is 9.13 Å². The molecule has 9 aromatic carbocycles. The standard InChI is InChI=1S/C52H32N2O/c1-3-14-35(15-4-1)53-45-23-11-9-19-38(45)43-30-33(26-28-47(43)53)34-27-29-49-44(31-34)52-40(22-13-25-50(52)55-49)42-32-48-51(39-20-8-7-18-37(39)42)41-21-10-12-24-46(41)54(48)36-16-5-2-6-17-36/h1-32H. The Labute approximate surface area is 316 Å². The van der Waals surface area contributed by atoms with Crippen molar-refractivity contribution in [3.05, 3.63) is 194 Å². The predicted molar refractivity (Wildman–Crippen MR) is 231 cm³/mol. The first-order chi connectivity index (χ1) is 27.3. The average molecular weight is 701 g/mol. The lowest BCUT2D eigenvalue weighted by molar-refractivity contribution is 0.669. The van der Waals surface area contributed by atoms with Crippen LogP contribution in [0.5, 0.6) is 0 Å². The van der Waals surface area contributed by atoms with Crippen molar-refractivity contribution in [2.24, 2.45) is 0 Å². The second-order valence-electron chi connectivity index (χ2n) is 14.5. The molecule has 0 fully saturated rings. The third-order valence-electron chi connectivity index (χ3n) is 11.5. The van der Waals surface area contributed by atoms with Crippen molar-refractivity contribution in [1.82, 2.24) is 9.13 Å². The van der Waals surface area contributed by atoms with Crippen LogP contribution in [0.3, 0.4) is 0 Å².